The number of hydrogen-bond donors (Lipinski definition) is 5. The minimum Gasteiger partial charge on any atom is -0.383 e. The van der Waals surface area contributed by atoms with Crippen molar-refractivity contribution >= 4 is 24.6 Å². The van der Waals surface area contributed by atoms with Crippen molar-refractivity contribution in [3.63, 3.8) is 0 Å². The molecule has 0 aliphatic carbocycles. The molecular weight excluding hydrogens is 275 g/mol. The first-order chi connectivity index (χ1) is 8.88. The van der Waals surface area contributed by atoms with Gasteiger partial charge in [0.1, 0.15) is 17.7 Å². The highest BCUT2D eigenvalue weighted by Gasteiger charge is 2.13. The molecule has 0 fully saturated rings. The maximum Gasteiger partial charge on any atom is 0.350 e. The average molecular weight is 288 g/mol. The fourth-order valence-corrected chi connectivity index (χ4v) is 1.90. The maximum atomic E-state index is 10.6. The number of nitrogen functional groups attached to an aromatic ring is 1. The van der Waals surface area contributed by atoms with E-state index in [1.54, 1.807) is 0 Å². The normalized spacial score (nSPS) is 12.1. The van der Waals surface area contributed by atoms with Crippen molar-refractivity contribution in [2.24, 2.45) is 0 Å². The monoisotopic (exact) mass is 288 g/mol. The number of anilines is 1. The summed E-state index contributed by atoms with van der Waals surface area (Å²) in [6, 6.07) is 0. The van der Waals surface area contributed by atoms with Crippen LogP contribution in [0.2, 0.25) is 0 Å². The lowest BCUT2D eigenvalue weighted by Crippen LogP contribution is -2.27. The quantitative estimate of drug-likeness (QED) is 0.347. The Balaban J connectivity index is 2.12. The first kappa shape index (κ1) is 13.7. The molecule has 0 amide bonds. The number of fused-ring (bicyclic) bond motifs is 1. The molecule has 0 aliphatic rings. The summed E-state index contributed by atoms with van der Waals surface area (Å²) in [6.07, 6.45) is 0.753. The van der Waals surface area contributed by atoms with E-state index in [2.05, 4.69) is 15.0 Å². The minimum atomic E-state index is -4.18. The van der Waals surface area contributed by atoms with E-state index in [0.29, 0.717) is 11.2 Å². The smallest absolute Gasteiger partial charge is 0.350 e. The Bertz CT molecular complexity index is 688. The van der Waals surface area contributed by atoms with Crippen LogP contribution in [-0.2, 0) is 15.8 Å². The highest BCUT2D eigenvalue weighted by Crippen LogP contribution is 2.33. The summed E-state index contributed by atoms with van der Waals surface area (Å²) < 4.78 is 16.8. The minimum absolute atomic E-state index is 0.00712. The van der Waals surface area contributed by atoms with Crippen molar-refractivity contribution in [1.82, 2.24) is 19.5 Å². The molecule has 2 rings (SSSR count). The van der Waals surface area contributed by atoms with Crippen LogP contribution in [0, 0.1) is 5.41 Å². The fraction of sp³-hybridized carbons (Fsp3) is 0.375. The molecule has 2 aromatic rings. The van der Waals surface area contributed by atoms with Crippen LogP contribution in [0.1, 0.15) is 0 Å². The van der Waals surface area contributed by atoms with Crippen molar-refractivity contribution in [2.45, 2.75) is 6.54 Å². The molecule has 0 bridgehead atoms. The summed E-state index contributed by atoms with van der Waals surface area (Å²) >= 11 is 0. The van der Waals surface area contributed by atoms with Gasteiger partial charge in [0.05, 0.1) is 19.5 Å². The first-order valence-corrected chi connectivity index (χ1v) is 7.04. The van der Waals surface area contributed by atoms with Gasteiger partial charge >= 0.3 is 7.60 Å². The van der Waals surface area contributed by atoms with Crippen LogP contribution in [0.25, 0.3) is 11.2 Å². The zero-order chi connectivity index (χ0) is 14.0. The van der Waals surface area contributed by atoms with Gasteiger partial charge in [-0.05, 0) is 0 Å². The molecule has 0 atom stereocenters. The molecular formula is C8H13N6O4P. The van der Waals surface area contributed by atoms with Crippen LogP contribution in [0.3, 0.4) is 0 Å². The molecule has 10 nitrogen and oxygen atoms in total. The number of hydrogen-bond acceptors (Lipinski definition) is 6. The molecule has 0 spiro atoms. The second-order valence-corrected chi connectivity index (χ2v) is 5.36. The van der Waals surface area contributed by atoms with Crippen LogP contribution < -0.4 is 11.4 Å². The van der Waals surface area contributed by atoms with E-state index in [0.717, 1.165) is 0 Å². The van der Waals surface area contributed by atoms with E-state index in [1.165, 1.54) is 10.9 Å². The van der Waals surface area contributed by atoms with Crippen LogP contribution in [0.4, 0.5) is 5.82 Å². The number of imidazole rings is 1. The van der Waals surface area contributed by atoms with Gasteiger partial charge in [0.25, 0.3) is 0 Å². The third-order valence-corrected chi connectivity index (χ3v) is 2.87. The summed E-state index contributed by atoms with van der Waals surface area (Å²) in [5, 5.41) is 7.70. The number of nitrogens with two attached hydrogens (primary N) is 1. The van der Waals surface area contributed by atoms with E-state index < -0.39 is 13.9 Å². The molecule has 0 unspecified atom stereocenters. The van der Waals surface area contributed by atoms with Crippen LogP contribution in [0.5, 0.6) is 0 Å². The lowest BCUT2D eigenvalue weighted by molar-refractivity contribution is 0.148. The Hall–Kier alpha value is -1.74. The fourth-order valence-electron chi connectivity index (χ4n) is 1.54. The number of aromatic nitrogens is 4. The lowest BCUT2D eigenvalue weighted by Gasteiger charge is -2.11. The van der Waals surface area contributed by atoms with E-state index in [9.17, 15) is 4.57 Å². The molecule has 6 N–H and O–H groups in total. The van der Waals surface area contributed by atoms with E-state index in [4.69, 9.17) is 25.7 Å². The first-order valence-electron chi connectivity index (χ1n) is 5.25. The van der Waals surface area contributed by atoms with Crippen molar-refractivity contribution < 1.29 is 19.1 Å². The van der Waals surface area contributed by atoms with Crippen molar-refractivity contribution in [3.8, 4) is 0 Å². The van der Waals surface area contributed by atoms with Gasteiger partial charge in [-0.25, -0.2) is 4.98 Å². The molecule has 19 heavy (non-hydrogen) atoms. The molecule has 0 saturated heterocycles. The van der Waals surface area contributed by atoms with E-state index in [1.807, 2.05) is 0 Å². The Morgan fingerprint density at radius 1 is 1.58 bits per heavy atom. The molecule has 0 radical (unpaired) electrons. The summed E-state index contributed by atoms with van der Waals surface area (Å²) in [5.74, 6) is 0.271. The van der Waals surface area contributed by atoms with E-state index in [-0.39, 0.29) is 24.6 Å². The largest absolute Gasteiger partial charge is 0.383 e. The number of aromatic amines is 1. The van der Waals surface area contributed by atoms with E-state index >= 15 is 0 Å². The molecule has 2 aromatic heterocycles. The predicted octanol–water partition coefficient (Wildman–Crippen LogP) is -1.03. The maximum absolute atomic E-state index is 10.6. The number of nitrogens with zero attached hydrogens (tertiary/aromatic N) is 3. The summed E-state index contributed by atoms with van der Waals surface area (Å²) in [7, 11) is -4.18. The second-order valence-electron chi connectivity index (χ2n) is 3.78. The third kappa shape index (κ3) is 3.18. The number of ether oxygens (including phenoxy) is 1. The number of nitrogens with one attached hydrogen (secondary N) is 2. The highest BCUT2D eigenvalue weighted by atomic mass is 31.2. The molecule has 0 aromatic carbocycles. The Morgan fingerprint density at radius 3 is 3.00 bits per heavy atom. The lowest BCUT2D eigenvalue weighted by atomic mass is 10.4. The molecule has 104 valence electrons. The van der Waals surface area contributed by atoms with Crippen LogP contribution >= 0.6 is 7.60 Å². The Kier molecular flexibility index (Phi) is 3.67. The van der Waals surface area contributed by atoms with Crippen molar-refractivity contribution in [2.75, 3.05) is 18.7 Å². The summed E-state index contributed by atoms with van der Waals surface area (Å²) in [6.45, 7) is 0.166. The molecule has 11 heteroatoms. The van der Waals surface area contributed by atoms with Crippen LogP contribution in [0.15, 0.2) is 6.33 Å². The van der Waals surface area contributed by atoms with Crippen molar-refractivity contribution in [3.05, 3.63) is 11.9 Å². The van der Waals surface area contributed by atoms with Gasteiger partial charge in [-0.2, -0.15) is 4.98 Å². The zero-order valence-electron chi connectivity index (χ0n) is 9.78. The van der Waals surface area contributed by atoms with Gasteiger partial charge in [-0.3, -0.25) is 14.5 Å². The Morgan fingerprint density at radius 2 is 2.32 bits per heavy atom. The zero-order valence-corrected chi connectivity index (χ0v) is 10.7. The van der Waals surface area contributed by atoms with Crippen molar-refractivity contribution in [1.29, 1.82) is 5.41 Å². The molecule has 2 heterocycles. The standard InChI is InChI=1S/C8H13N6O4P/c9-6-5-7(12-3-11-5)13-8(10)14(6)1-2-18-4-19(15,16)17/h3H,1-2,4,9H2,(H2,15,16,17)(H2,10,11,12,13). The highest BCUT2D eigenvalue weighted by molar-refractivity contribution is 7.51. The van der Waals surface area contributed by atoms with Gasteiger partial charge in [0.15, 0.2) is 5.65 Å². The van der Waals surface area contributed by atoms with Gasteiger partial charge in [-0.15, -0.1) is 0 Å². The SMILES string of the molecule is N=c1nc2nc[nH]c2c(N)n1CCOCP(=O)(O)O. The average Bonchev–Trinajstić information content (AvgIpc) is 2.74. The molecule has 0 aliphatic heterocycles. The Labute approximate surface area is 106 Å². The van der Waals surface area contributed by atoms with Crippen LogP contribution in [-0.4, -0.2) is 42.3 Å². The van der Waals surface area contributed by atoms with Gasteiger partial charge in [-0.1, -0.05) is 0 Å². The summed E-state index contributed by atoms with van der Waals surface area (Å²) in [4.78, 5) is 27.9. The number of H-pyrrole nitrogens is 1. The predicted molar refractivity (Wildman–Crippen MR) is 65.0 cm³/mol. The third-order valence-electron chi connectivity index (χ3n) is 2.35. The summed E-state index contributed by atoms with van der Waals surface area (Å²) in [5.41, 5.74) is 6.60. The van der Waals surface area contributed by atoms with Gasteiger partial charge in [0, 0.05) is 0 Å². The second kappa shape index (κ2) is 5.10. The van der Waals surface area contributed by atoms with Gasteiger partial charge in [0.2, 0.25) is 5.62 Å². The topological polar surface area (TPSA) is 163 Å². The number of rotatable bonds is 5. The van der Waals surface area contributed by atoms with Gasteiger partial charge < -0.3 is 25.2 Å². The molecule has 0 saturated carbocycles.